The number of benzene rings is 2. The molecule has 1 fully saturated rings. The highest BCUT2D eigenvalue weighted by Crippen LogP contribution is 2.34. The van der Waals surface area contributed by atoms with Crippen molar-refractivity contribution in [1.82, 2.24) is 9.47 Å². The summed E-state index contributed by atoms with van der Waals surface area (Å²) in [5.41, 5.74) is 8.69. The van der Waals surface area contributed by atoms with Crippen molar-refractivity contribution in [3.63, 3.8) is 0 Å². The van der Waals surface area contributed by atoms with E-state index in [1.54, 1.807) is 0 Å². The molecule has 0 radical (unpaired) electrons. The summed E-state index contributed by atoms with van der Waals surface area (Å²) in [6, 6.07) is 14.5. The summed E-state index contributed by atoms with van der Waals surface area (Å²) in [7, 11) is 0. The van der Waals surface area contributed by atoms with Crippen LogP contribution in [-0.2, 0) is 4.79 Å². The van der Waals surface area contributed by atoms with Crippen LogP contribution in [0.4, 0.5) is 4.79 Å². The molecule has 2 amide bonds. The fourth-order valence-corrected chi connectivity index (χ4v) is 5.21. The minimum absolute atomic E-state index is 0.219. The van der Waals surface area contributed by atoms with Crippen LogP contribution in [0.3, 0.4) is 0 Å². The Hall–Kier alpha value is -3.25. The number of aryl methyl sites for hydroxylation is 5. The maximum Gasteiger partial charge on any atom is 0.293 e. The number of amides is 2. The third-order valence-corrected chi connectivity index (χ3v) is 6.92. The van der Waals surface area contributed by atoms with Crippen LogP contribution in [0, 0.1) is 41.5 Å². The Kier molecular flexibility index (Phi) is 6.71. The van der Waals surface area contributed by atoms with Gasteiger partial charge < -0.3 is 9.30 Å². The zero-order valence-electron chi connectivity index (χ0n) is 20.6. The van der Waals surface area contributed by atoms with E-state index in [9.17, 15) is 9.59 Å². The van der Waals surface area contributed by atoms with Crippen LogP contribution in [0.15, 0.2) is 47.4 Å². The molecule has 2 heterocycles. The molecular formula is C28H30N2O3S. The van der Waals surface area contributed by atoms with Crippen molar-refractivity contribution in [3.05, 3.63) is 86.6 Å². The third kappa shape index (κ3) is 4.82. The number of carbonyl (C=O) groups excluding carboxylic acids is 2. The second-order valence-corrected chi connectivity index (χ2v) is 9.95. The number of nitrogens with zero attached hydrogens (tertiary/aromatic N) is 2. The zero-order valence-corrected chi connectivity index (χ0v) is 21.4. The summed E-state index contributed by atoms with van der Waals surface area (Å²) >= 11 is 0.987. The second kappa shape index (κ2) is 9.55. The summed E-state index contributed by atoms with van der Waals surface area (Å²) < 4.78 is 8.05. The lowest BCUT2D eigenvalue weighted by Gasteiger charge is -2.14. The average molecular weight is 475 g/mol. The molecule has 1 aliphatic rings. The van der Waals surface area contributed by atoms with Crippen molar-refractivity contribution in [2.45, 2.75) is 41.5 Å². The van der Waals surface area contributed by atoms with Gasteiger partial charge in [-0.1, -0.05) is 18.2 Å². The molecule has 1 aromatic heterocycles. The highest BCUT2D eigenvalue weighted by molar-refractivity contribution is 8.18. The maximum atomic E-state index is 13.0. The van der Waals surface area contributed by atoms with E-state index in [-0.39, 0.29) is 24.3 Å². The highest BCUT2D eigenvalue weighted by Gasteiger charge is 2.35. The van der Waals surface area contributed by atoms with Crippen LogP contribution in [-0.4, -0.2) is 33.8 Å². The van der Waals surface area contributed by atoms with E-state index < -0.39 is 0 Å². The van der Waals surface area contributed by atoms with Crippen molar-refractivity contribution < 1.29 is 14.3 Å². The predicted octanol–water partition coefficient (Wildman–Crippen LogP) is 6.44. The normalized spacial score (nSPS) is 15.0. The Morgan fingerprint density at radius 2 is 1.59 bits per heavy atom. The lowest BCUT2D eigenvalue weighted by molar-refractivity contribution is -0.123. The summed E-state index contributed by atoms with van der Waals surface area (Å²) in [5.74, 6) is 0.511. The molecule has 3 aromatic rings. The number of aromatic nitrogens is 1. The molecule has 0 aliphatic carbocycles. The molecule has 34 heavy (non-hydrogen) atoms. The Balaban J connectivity index is 1.51. The minimum atomic E-state index is -0.268. The van der Waals surface area contributed by atoms with E-state index in [0.29, 0.717) is 4.91 Å². The van der Waals surface area contributed by atoms with Gasteiger partial charge in [-0.25, -0.2) is 0 Å². The predicted molar refractivity (Wildman–Crippen MR) is 139 cm³/mol. The Bertz CT molecular complexity index is 1300. The van der Waals surface area contributed by atoms with E-state index in [2.05, 4.69) is 49.6 Å². The van der Waals surface area contributed by atoms with Gasteiger partial charge in [-0.05, 0) is 111 Å². The molecule has 0 bridgehead atoms. The van der Waals surface area contributed by atoms with Gasteiger partial charge >= 0.3 is 0 Å². The molecule has 4 rings (SSSR count). The quantitative estimate of drug-likeness (QED) is 0.386. The van der Waals surface area contributed by atoms with Crippen LogP contribution in [0.5, 0.6) is 5.75 Å². The molecule has 176 valence electrons. The fourth-order valence-electron chi connectivity index (χ4n) is 4.35. The summed E-state index contributed by atoms with van der Waals surface area (Å²) in [6.45, 7) is 12.7. The maximum absolute atomic E-state index is 13.0. The third-order valence-electron chi connectivity index (χ3n) is 6.01. The first-order valence-corrected chi connectivity index (χ1v) is 12.2. The molecule has 0 atom stereocenters. The van der Waals surface area contributed by atoms with Crippen LogP contribution in [0.2, 0.25) is 0 Å². The first-order valence-electron chi connectivity index (χ1n) is 11.4. The highest BCUT2D eigenvalue weighted by atomic mass is 32.2. The molecule has 5 nitrogen and oxygen atoms in total. The van der Waals surface area contributed by atoms with Gasteiger partial charge in [-0.3, -0.25) is 14.5 Å². The zero-order chi connectivity index (χ0) is 24.6. The Labute approximate surface area is 205 Å². The summed E-state index contributed by atoms with van der Waals surface area (Å²) in [5, 5.41) is -0.260. The monoisotopic (exact) mass is 474 g/mol. The molecule has 2 aromatic carbocycles. The first-order chi connectivity index (χ1) is 16.1. The molecule has 0 N–H and O–H groups in total. The lowest BCUT2D eigenvalue weighted by Crippen LogP contribution is -2.32. The first kappa shape index (κ1) is 23.9. The van der Waals surface area contributed by atoms with E-state index in [4.69, 9.17) is 4.74 Å². The van der Waals surface area contributed by atoms with E-state index >= 15 is 0 Å². The molecule has 0 saturated carbocycles. The second-order valence-electron chi connectivity index (χ2n) is 8.96. The number of thioether (sulfide) groups is 1. The SMILES string of the molecule is Cc1cc(C)cc(-n2c(C)cc(/C=C3\SC(=O)N(CCOc4cc(C)ccc4C)C3=O)c2C)c1. The van der Waals surface area contributed by atoms with Gasteiger partial charge in [0.2, 0.25) is 0 Å². The molecule has 1 saturated heterocycles. The molecule has 6 heteroatoms. The Morgan fingerprint density at radius 3 is 2.29 bits per heavy atom. The number of imide groups is 1. The topological polar surface area (TPSA) is 51.5 Å². The van der Waals surface area contributed by atoms with Crippen LogP contribution >= 0.6 is 11.8 Å². The van der Waals surface area contributed by atoms with E-state index in [0.717, 1.165) is 51.3 Å². The van der Waals surface area contributed by atoms with E-state index in [1.807, 2.05) is 45.0 Å². The van der Waals surface area contributed by atoms with Gasteiger partial charge in [0.15, 0.2) is 0 Å². The van der Waals surface area contributed by atoms with Gasteiger partial charge in [-0.15, -0.1) is 0 Å². The van der Waals surface area contributed by atoms with Gasteiger partial charge in [0, 0.05) is 17.1 Å². The fraction of sp³-hybridized carbons (Fsp3) is 0.286. The van der Waals surface area contributed by atoms with Gasteiger partial charge in [-0.2, -0.15) is 0 Å². The van der Waals surface area contributed by atoms with Crippen LogP contribution < -0.4 is 4.74 Å². The van der Waals surface area contributed by atoms with Crippen LogP contribution in [0.25, 0.3) is 11.8 Å². The van der Waals surface area contributed by atoms with Gasteiger partial charge in [0.25, 0.3) is 11.1 Å². The molecule has 1 aliphatic heterocycles. The number of hydrogen-bond acceptors (Lipinski definition) is 4. The smallest absolute Gasteiger partial charge is 0.293 e. The molecule has 0 unspecified atom stereocenters. The van der Waals surface area contributed by atoms with Crippen molar-refractivity contribution in [2.24, 2.45) is 0 Å². The minimum Gasteiger partial charge on any atom is -0.491 e. The largest absolute Gasteiger partial charge is 0.491 e. The average Bonchev–Trinajstić information content (AvgIpc) is 3.18. The number of hydrogen-bond donors (Lipinski definition) is 0. The number of rotatable bonds is 6. The van der Waals surface area contributed by atoms with Gasteiger partial charge in [0.05, 0.1) is 11.4 Å². The van der Waals surface area contributed by atoms with E-state index in [1.165, 1.54) is 16.0 Å². The van der Waals surface area contributed by atoms with Crippen molar-refractivity contribution >= 4 is 29.0 Å². The van der Waals surface area contributed by atoms with Crippen molar-refractivity contribution in [2.75, 3.05) is 13.2 Å². The van der Waals surface area contributed by atoms with Crippen molar-refractivity contribution in [3.8, 4) is 11.4 Å². The Morgan fingerprint density at radius 1 is 0.882 bits per heavy atom. The van der Waals surface area contributed by atoms with Crippen molar-refractivity contribution in [1.29, 1.82) is 0 Å². The number of ether oxygens (including phenoxy) is 1. The molecule has 0 spiro atoms. The summed E-state index contributed by atoms with van der Waals surface area (Å²) in [6.07, 6.45) is 1.83. The standard InChI is InChI=1S/C28H30N2O3S/c1-17-7-8-20(4)25(14-17)33-10-9-29-27(31)26(34-28(29)32)16-23-15-21(5)30(22(23)6)24-12-18(2)11-19(3)13-24/h7-8,11-16H,9-10H2,1-6H3/b26-16-. The molecular weight excluding hydrogens is 444 g/mol. The van der Waals surface area contributed by atoms with Crippen LogP contribution in [0.1, 0.15) is 39.2 Å². The number of carbonyl (C=O) groups is 2. The lowest BCUT2D eigenvalue weighted by atomic mass is 10.1. The summed E-state index contributed by atoms with van der Waals surface area (Å²) in [4.78, 5) is 27.3. The van der Waals surface area contributed by atoms with Gasteiger partial charge in [0.1, 0.15) is 12.4 Å².